The van der Waals surface area contributed by atoms with E-state index in [0.717, 1.165) is 25.4 Å². The van der Waals surface area contributed by atoms with Gasteiger partial charge in [0.1, 0.15) is 0 Å². The summed E-state index contributed by atoms with van der Waals surface area (Å²) in [5.41, 5.74) is 0. The Morgan fingerprint density at radius 1 is 1.44 bits per heavy atom. The average molecular weight is 256 g/mol. The lowest BCUT2D eigenvalue weighted by Crippen LogP contribution is -2.35. The third kappa shape index (κ3) is 6.97. The molecule has 0 aromatic rings. The van der Waals surface area contributed by atoms with Gasteiger partial charge in [-0.05, 0) is 58.2 Å². The van der Waals surface area contributed by atoms with E-state index in [2.05, 4.69) is 17.1 Å². The van der Waals surface area contributed by atoms with E-state index in [1.807, 2.05) is 0 Å². The van der Waals surface area contributed by atoms with E-state index in [-0.39, 0.29) is 12.0 Å². The Balaban J connectivity index is 1.96. The first-order valence-corrected chi connectivity index (χ1v) is 7.25. The summed E-state index contributed by atoms with van der Waals surface area (Å²) >= 11 is 0. The highest BCUT2D eigenvalue weighted by Crippen LogP contribution is 2.15. The highest BCUT2D eigenvalue weighted by atomic mass is 16.3. The quantitative estimate of drug-likeness (QED) is 0.677. The maximum absolute atomic E-state index is 11.4. The summed E-state index contributed by atoms with van der Waals surface area (Å²) in [6.07, 6.45) is 4.23. The summed E-state index contributed by atoms with van der Waals surface area (Å²) in [7, 11) is 0. The molecule has 4 nitrogen and oxygen atoms in total. The molecular formula is C14H28N2O2. The molecule has 0 aliphatic carbocycles. The maximum Gasteiger partial charge on any atom is 0.220 e. The van der Waals surface area contributed by atoms with Gasteiger partial charge in [-0.25, -0.2) is 0 Å². The lowest BCUT2D eigenvalue weighted by atomic mass is 9.99. The van der Waals surface area contributed by atoms with Crippen LogP contribution < -0.4 is 5.32 Å². The Hall–Kier alpha value is -0.610. The van der Waals surface area contributed by atoms with E-state index < -0.39 is 0 Å². The Morgan fingerprint density at radius 3 is 2.72 bits per heavy atom. The number of rotatable bonds is 7. The molecule has 1 heterocycles. The molecular weight excluding hydrogens is 228 g/mol. The highest BCUT2D eigenvalue weighted by molar-refractivity contribution is 5.75. The van der Waals surface area contributed by atoms with Crippen LogP contribution >= 0.6 is 0 Å². The smallest absolute Gasteiger partial charge is 0.220 e. The number of hydrogen-bond donors (Lipinski definition) is 2. The first kappa shape index (κ1) is 15.4. The lowest BCUT2D eigenvalue weighted by molar-refractivity contribution is -0.121. The molecule has 18 heavy (non-hydrogen) atoms. The van der Waals surface area contributed by atoms with Crippen molar-refractivity contribution in [3.05, 3.63) is 0 Å². The van der Waals surface area contributed by atoms with Crippen LogP contribution in [0.25, 0.3) is 0 Å². The minimum atomic E-state index is -0.383. The Labute approximate surface area is 111 Å². The van der Waals surface area contributed by atoms with E-state index in [4.69, 9.17) is 5.11 Å². The van der Waals surface area contributed by atoms with Gasteiger partial charge in [0.25, 0.3) is 0 Å². The van der Waals surface area contributed by atoms with Crippen LogP contribution in [0.1, 0.15) is 46.0 Å². The zero-order chi connectivity index (χ0) is 13.4. The van der Waals surface area contributed by atoms with Crippen LogP contribution in [0.2, 0.25) is 0 Å². The van der Waals surface area contributed by atoms with Gasteiger partial charge in [-0.15, -0.1) is 0 Å². The van der Waals surface area contributed by atoms with Crippen molar-refractivity contribution in [1.82, 2.24) is 10.2 Å². The Morgan fingerprint density at radius 2 is 2.11 bits per heavy atom. The third-order valence-corrected chi connectivity index (χ3v) is 3.64. The van der Waals surface area contributed by atoms with Crippen molar-refractivity contribution < 1.29 is 9.90 Å². The highest BCUT2D eigenvalue weighted by Gasteiger charge is 2.14. The second-order valence-corrected chi connectivity index (χ2v) is 5.62. The molecule has 2 N–H and O–H groups in total. The molecule has 1 fully saturated rings. The van der Waals surface area contributed by atoms with E-state index in [0.29, 0.717) is 12.8 Å². The van der Waals surface area contributed by atoms with Crippen molar-refractivity contribution in [2.75, 3.05) is 26.2 Å². The fraction of sp³-hybridized carbons (Fsp3) is 0.929. The molecule has 0 spiro atoms. The summed E-state index contributed by atoms with van der Waals surface area (Å²) in [5, 5.41) is 12.0. The fourth-order valence-corrected chi connectivity index (χ4v) is 2.24. The number of nitrogens with zero attached hydrogens (tertiary/aromatic N) is 1. The number of likely N-dealkylation sites (tertiary alicyclic amines) is 1. The summed E-state index contributed by atoms with van der Waals surface area (Å²) < 4.78 is 0. The fourth-order valence-electron chi connectivity index (χ4n) is 2.24. The van der Waals surface area contributed by atoms with Crippen LogP contribution in [0.4, 0.5) is 0 Å². The third-order valence-electron chi connectivity index (χ3n) is 3.64. The van der Waals surface area contributed by atoms with Gasteiger partial charge in [0.05, 0.1) is 6.10 Å². The average Bonchev–Trinajstić information content (AvgIpc) is 2.34. The molecule has 1 saturated heterocycles. The van der Waals surface area contributed by atoms with Crippen molar-refractivity contribution in [3.8, 4) is 0 Å². The van der Waals surface area contributed by atoms with Crippen LogP contribution in [0.5, 0.6) is 0 Å². The number of aliphatic hydroxyl groups is 1. The van der Waals surface area contributed by atoms with Gasteiger partial charge >= 0.3 is 0 Å². The van der Waals surface area contributed by atoms with Crippen molar-refractivity contribution in [3.63, 3.8) is 0 Å². The normalized spacial score (nSPS) is 19.7. The Bertz CT molecular complexity index is 236. The molecule has 0 saturated carbocycles. The zero-order valence-corrected chi connectivity index (χ0v) is 11.8. The first-order chi connectivity index (χ1) is 8.58. The zero-order valence-electron chi connectivity index (χ0n) is 11.8. The van der Waals surface area contributed by atoms with Crippen LogP contribution in [0.15, 0.2) is 0 Å². The maximum atomic E-state index is 11.4. The van der Waals surface area contributed by atoms with Gasteiger partial charge in [-0.1, -0.05) is 6.92 Å². The molecule has 1 atom stereocenters. The van der Waals surface area contributed by atoms with Gasteiger partial charge < -0.3 is 15.3 Å². The molecule has 0 radical (unpaired) electrons. The van der Waals surface area contributed by atoms with E-state index in [9.17, 15) is 4.79 Å². The molecule has 0 bridgehead atoms. The van der Waals surface area contributed by atoms with Gasteiger partial charge in [0.2, 0.25) is 5.91 Å². The van der Waals surface area contributed by atoms with Crippen LogP contribution in [-0.4, -0.2) is 48.2 Å². The van der Waals surface area contributed by atoms with Crippen molar-refractivity contribution in [2.24, 2.45) is 5.92 Å². The number of aliphatic hydroxyl groups excluding tert-OH is 1. The van der Waals surface area contributed by atoms with Crippen LogP contribution in [0, 0.1) is 5.92 Å². The van der Waals surface area contributed by atoms with Gasteiger partial charge in [-0.2, -0.15) is 0 Å². The number of hydrogen-bond acceptors (Lipinski definition) is 3. The number of amides is 1. The second kappa shape index (κ2) is 8.48. The van der Waals surface area contributed by atoms with Gasteiger partial charge in [-0.3, -0.25) is 4.79 Å². The number of carbonyl (C=O) groups is 1. The van der Waals surface area contributed by atoms with Crippen molar-refractivity contribution in [2.45, 2.75) is 52.1 Å². The molecule has 0 aromatic heterocycles. The van der Waals surface area contributed by atoms with Crippen LogP contribution in [0.3, 0.4) is 0 Å². The van der Waals surface area contributed by atoms with Gasteiger partial charge in [0.15, 0.2) is 0 Å². The van der Waals surface area contributed by atoms with Crippen molar-refractivity contribution >= 4 is 5.91 Å². The summed E-state index contributed by atoms with van der Waals surface area (Å²) in [4.78, 5) is 13.9. The molecule has 1 aliphatic rings. The predicted molar refractivity (Wildman–Crippen MR) is 73.4 cm³/mol. The Kier molecular flexibility index (Phi) is 7.28. The topological polar surface area (TPSA) is 52.6 Å². The summed E-state index contributed by atoms with van der Waals surface area (Å²) in [6, 6.07) is 0. The monoisotopic (exact) mass is 256 g/mol. The second-order valence-electron chi connectivity index (χ2n) is 5.62. The minimum Gasteiger partial charge on any atom is -0.393 e. The number of carbonyl (C=O) groups excluding carboxylic acids is 1. The number of piperidine rings is 1. The van der Waals surface area contributed by atoms with Gasteiger partial charge in [0, 0.05) is 13.0 Å². The van der Waals surface area contributed by atoms with Crippen molar-refractivity contribution in [1.29, 1.82) is 0 Å². The minimum absolute atomic E-state index is 0.0585. The molecule has 1 amide bonds. The molecule has 1 unspecified atom stereocenters. The predicted octanol–water partition coefficient (Wildman–Crippen LogP) is 1.39. The standard InChI is InChI=1S/C14H28N2O2/c1-12-6-10-16(11-7-12)9-3-8-15-14(18)5-4-13(2)17/h12-13,17H,3-11H2,1-2H3,(H,15,18). The lowest BCUT2D eigenvalue weighted by Gasteiger charge is -2.30. The molecule has 1 rings (SSSR count). The molecule has 1 aliphatic heterocycles. The van der Waals surface area contributed by atoms with Crippen LogP contribution in [-0.2, 0) is 4.79 Å². The summed E-state index contributed by atoms with van der Waals surface area (Å²) in [6.45, 7) is 8.28. The van der Waals surface area contributed by atoms with E-state index in [1.165, 1.54) is 25.9 Å². The molecule has 0 aromatic carbocycles. The summed E-state index contributed by atoms with van der Waals surface area (Å²) in [5.74, 6) is 0.935. The molecule has 106 valence electrons. The number of nitrogens with one attached hydrogen (secondary N) is 1. The van der Waals surface area contributed by atoms with E-state index in [1.54, 1.807) is 6.92 Å². The molecule has 4 heteroatoms. The van der Waals surface area contributed by atoms with E-state index >= 15 is 0 Å². The largest absolute Gasteiger partial charge is 0.393 e. The first-order valence-electron chi connectivity index (χ1n) is 7.25. The SMILES string of the molecule is CC(O)CCC(=O)NCCCN1CCC(C)CC1.